The molecule has 1 amide bonds. The zero-order chi connectivity index (χ0) is 32.7. The number of halogens is 3. The van der Waals surface area contributed by atoms with Gasteiger partial charge >= 0.3 is 12.1 Å². The van der Waals surface area contributed by atoms with E-state index in [0.29, 0.717) is 66.4 Å². The van der Waals surface area contributed by atoms with E-state index in [0.717, 1.165) is 21.5 Å². The predicted molar refractivity (Wildman–Crippen MR) is 161 cm³/mol. The number of rotatable bonds is 5. The maximum Gasteiger partial charge on any atom is 0.405 e. The normalized spacial score (nSPS) is 18.3. The first-order valence-electron chi connectivity index (χ1n) is 14.6. The van der Waals surface area contributed by atoms with Gasteiger partial charge in [-0.25, -0.2) is 0 Å². The van der Waals surface area contributed by atoms with Crippen molar-refractivity contribution in [2.75, 3.05) is 42.5 Å². The molecule has 2 saturated heterocycles. The molecular weight excluding hydrogens is 623 g/mol. The third kappa shape index (κ3) is 5.86. The van der Waals surface area contributed by atoms with Crippen LogP contribution in [0.3, 0.4) is 0 Å². The van der Waals surface area contributed by atoms with Crippen LogP contribution in [0.2, 0.25) is 0 Å². The number of H-pyrrole nitrogens is 2. The van der Waals surface area contributed by atoms with Gasteiger partial charge in [0.05, 0.1) is 35.0 Å². The minimum atomic E-state index is -4.42. The van der Waals surface area contributed by atoms with E-state index >= 15 is 0 Å². The molecule has 6 aromatic rings. The maximum atomic E-state index is 12.3. The monoisotopic (exact) mass is 649 g/mol. The van der Waals surface area contributed by atoms with E-state index in [-0.39, 0.29) is 12.5 Å². The number of nitrogens with one attached hydrogen (secondary N) is 3. The highest BCUT2D eigenvalue weighted by molar-refractivity contribution is 6.09. The Morgan fingerprint density at radius 3 is 1.81 bits per heavy atom. The number of carboxylic acid groups (broad SMARTS) is 1. The van der Waals surface area contributed by atoms with Gasteiger partial charge < -0.3 is 30.2 Å². The highest BCUT2D eigenvalue weighted by Crippen LogP contribution is 2.33. The van der Waals surface area contributed by atoms with Crippen molar-refractivity contribution in [1.82, 2.24) is 56.1 Å². The van der Waals surface area contributed by atoms with Gasteiger partial charge in [0.1, 0.15) is 17.6 Å². The van der Waals surface area contributed by atoms with E-state index in [1.807, 2.05) is 27.2 Å². The van der Waals surface area contributed by atoms with Crippen molar-refractivity contribution in [1.29, 1.82) is 0 Å². The van der Waals surface area contributed by atoms with Crippen LogP contribution in [0, 0.1) is 11.8 Å². The molecule has 242 valence electrons. The number of fused-ring (bicyclic) bond motifs is 6. The Balaban J connectivity index is 0.000000153. The Bertz CT molecular complexity index is 2120. The number of aromatic amines is 2. The fraction of sp³-hybridized carbons (Fsp3) is 0.357. The number of anilines is 2. The first kappa shape index (κ1) is 29.9. The number of hydrogen-bond donors (Lipinski definition) is 4. The van der Waals surface area contributed by atoms with E-state index in [4.69, 9.17) is 5.11 Å². The molecule has 4 N–H and O–H groups in total. The third-order valence-electron chi connectivity index (χ3n) is 8.29. The summed E-state index contributed by atoms with van der Waals surface area (Å²) in [5.74, 6) is -1.05. The van der Waals surface area contributed by atoms with Crippen LogP contribution >= 0.6 is 0 Å². The molecule has 8 heterocycles. The smallest absolute Gasteiger partial charge is 0.405 e. The van der Waals surface area contributed by atoms with Gasteiger partial charge in [-0.1, -0.05) is 0 Å². The Hall–Kier alpha value is -5.75. The molecule has 0 saturated carbocycles. The lowest BCUT2D eigenvalue weighted by Crippen LogP contribution is -2.38. The summed E-state index contributed by atoms with van der Waals surface area (Å²) in [6, 6.07) is 3.77. The van der Waals surface area contributed by atoms with Crippen LogP contribution < -0.4 is 15.1 Å². The van der Waals surface area contributed by atoms with Gasteiger partial charge in [-0.3, -0.25) is 9.59 Å². The summed E-state index contributed by atoms with van der Waals surface area (Å²) < 4.78 is 36.8. The zero-order valence-corrected chi connectivity index (χ0v) is 24.4. The molecule has 0 aliphatic carbocycles. The fourth-order valence-corrected chi connectivity index (χ4v) is 6.00. The number of aliphatic carboxylic acids is 1. The van der Waals surface area contributed by atoms with Crippen molar-refractivity contribution < 1.29 is 27.9 Å². The number of aromatic nitrogens is 10. The summed E-state index contributed by atoms with van der Waals surface area (Å²) >= 11 is 0. The van der Waals surface area contributed by atoms with Gasteiger partial charge in [-0.05, 0) is 25.0 Å². The minimum absolute atomic E-state index is 0.270. The summed E-state index contributed by atoms with van der Waals surface area (Å²) in [6.45, 7) is 0.532. The predicted octanol–water partition coefficient (Wildman–Crippen LogP) is 2.22. The lowest BCUT2D eigenvalue weighted by Gasteiger charge is -2.18. The SMILES string of the molecule is O=C(NCC(F)(F)F)C1CCN(c2nncc3nnc4[nH]ccc4c23)C1.O=C(O)C1CCN(c2nncc3nnc4[nH]ccc4c23)C1. The number of carbonyl (C=O) groups excluding carboxylic acids is 1. The molecule has 0 aromatic carbocycles. The van der Waals surface area contributed by atoms with Crippen molar-refractivity contribution in [2.24, 2.45) is 11.8 Å². The standard InChI is InChI=1S/C15H14F3N7O.C13H12N6O2/c16-15(17,18)7-20-14(26)8-2-4-25(6-8)13-11-9-1-3-19-12(9)23-22-10(11)5-21-24-13;20-13(21)7-2-4-19(6-7)12-10-8-1-3-14-11(8)17-16-9(10)5-15-18-12/h1,3,5,8H,2,4,6-7H2,(H,19,23)(H,20,26);1,3,5,7H,2,4,6H2,(H,14,17)(H,20,21). The van der Waals surface area contributed by atoms with Gasteiger partial charge in [-0.2, -0.15) is 23.4 Å². The molecule has 8 rings (SSSR count). The third-order valence-corrected chi connectivity index (χ3v) is 8.29. The summed E-state index contributed by atoms with van der Waals surface area (Å²) in [6.07, 6.45) is 3.24. The quantitative estimate of drug-likeness (QED) is 0.212. The van der Waals surface area contributed by atoms with Crippen LogP contribution in [0.1, 0.15) is 12.8 Å². The number of carboxylic acids is 1. The molecule has 2 fully saturated rings. The van der Waals surface area contributed by atoms with Crippen molar-refractivity contribution in [3.63, 3.8) is 0 Å². The van der Waals surface area contributed by atoms with Crippen LogP contribution in [0.15, 0.2) is 36.9 Å². The van der Waals surface area contributed by atoms with Crippen LogP contribution in [0.25, 0.3) is 43.9 Å². The minimum Gasteiger partial charge on any atom is -0.481 e. The maximum absolute atomic E-state index is 12.3. The molecule has 47 heavy (non-hydrogen) atoms. The van der Waals surface area contributed by atoms with Crippen molar-refractivity contribution in [3.8, 4) is 0 Å². The molecule has 2 atom stereocenters. The second-order valence-electron chi connectivity index (χ2n) is 11.3. The zero-order valence-electron chi connectivity index (χ0n) is 24.4. The second-order valence-corrected chi connectivity index (χ2v) is 11.3. The molecular formula is C28H26F3N13O3. The topological polar surface area (TPSA) is 208 Å². The van der Waals surface area contributed by atoms with Crippen LogP contribution in [0.5, 0.6) is 0 Å². The van der Waals surface area contributed by atoms with Crippen LogP contribution in [-0.2, 0) is 9.59 Å². The Kier molecular flexibility index (Phi) is 7.57. The molecule has 0 spiro atoms. The highest BCUT2D eigenvalue weighted by atomic mass is 19.4. The van der Waals surface area contributed by atoms with Crippen molar-refractivity contribution >= 4 is 67.4 Å². The molecule has 16 nitrogen and oxygen atoms in total. The Morgan fingerprint density at radius 2 is 1.32 bits per heavy atom. The lowest BCUT2D eigenvalue weighted by molar-refractivity contribution is -0.140. The molecule has 0 bridgehead atoms. The second kappa shape index (κ2) is 11.9. The first-order valence-corrected chi connectivity index (χ1v) is 14.6. The number of alkyl halides is 3. The Labute approximate surface area is 261 Å². The molecule has 0 radical (unpaired) electrons. The number of carbonyl (C=O) groups is 2. The molecule has 6 aromatic heterocycles. The summed E-state index contributed by atoms with van der Waals surface area (Å²) in [7, 11) is 0. The largest absolute Gasteiger partial charge is 0.481 e. The van der Waals surface area contributed by atoms with E-state index in [1.165, 1.54) is 6.20 Å². The molecule has 2 aliphatic rings. The summed E-state index contributed by atoms with van der Waals surface area (Å²) in [5, 5.41) is 47.1. The van der Waals surface area contributed by atoms with Crippen molar-refractivity contribution in [2.45, 2.75) is 19.0 Å². The van der Waals surface area contributed by atoms with Crippen LogP contribution in [0.4, 0.5) is 24.8 Å². The average Bonchev–Trinajstić information content (AvgIpc) is 3.89. The number of nitrogens with zero attached hydrogens (tertiary/aromatic N) is 10. The summed E-state index contributed by atoms with van der Waals surface area (Å²) in [5.41, 5.74) is 2.51. The fourth-order valence-electron chi connectivity index (χ4n) is 6.00. The van der Waals surface area contributed by atoms with Gasteiger partial charge in [-0.15, -0.1) is 30.6 Å². The van der Waals surface area contributed by atoms with E-state index < -0.39 is 30.5 Å². The molecule has 19 heteroatoms. The highest BCUT2D eigenvalue weighted by Gasteiger charge is 2.34. The number of amides is 1. The Morgan fingerprint density at radius 1 is 0.809 bits per heavy atom. The number of hydrogen-bond acceptors (Lipinski definition) is 12. The first-order chi connectivity index (χ1) is 22.7. The summed E-state index contributed by atoms with van der Waals surface area (Å²) in [4.78, 5) is 32.9. The molecule has 2 unspecified atom stereocenters. The average molecular weight is 650 g/mol. The molecule has 2 aliphatic heterocycles. The van der Waals surface area contributed by atoms with E-state index in [2.05, 4.69) is 50.8 Å². The van der Waals surface area contributed by atoms with E-state index in [9.17, 15) is 22.8 Å². The van der Waals surface area contributed by atoms with Gasteiger partial charge in [0, 0.05) is 49.3 Å². The van der Waals surface area contributed by atoms with Gasteiger partial charge in [0.2, 0.25) is 5.91 Å². The van der Waals surface area contributed by atoms with Gasteiger partial charge in [0.15, 0.2) is 22.9 Å². The van der Waals surface area contributed by atoms with Crippen molar-refractivity contribution in [3.05, 3.63) is 36.9 Å². The van der Waals surface area contributed by atoms with E-state index in [1.54, 1.807) is 18.6 Å². The van der Waals surface area contributed by atoms with Crippen LogP contribution in [-0.4, -0.2) is 107 Å². The van der Waals surface area contributed by atoms with Gasteiger partial charge in [0.25, 0.3) is 0 Å². The lowest BCUT2D eigenvalue weighted by atomic mass is 10.1.